The van der Waals surface area contributed by atoms with Gasteiger partial charge in [-0.15, -0.1) is 0 Å². The van der Waals surface area contributed by atoms with E-state index in [-0.39, 0.29) is 5.91 Å². The third kappa shape index (κ3) is 3.73. The summed E-state index contributed by atoms with van der Waals surface area (Å²) in [6.45, 7) is 3.63. The van der Waals surface area contributed by atoms with Crippen LogP contribution in [-0.4, -0.2) is 24.1 Å². The Morgan fingerprint density at radius 3 is 2.65 bits per heavy atom. The molecule has 4 nitrogen and oxygen atoms in total. The first-order valence-electron chi connectivity index (χ1n) is 6.98. The maximum Gasteiger partial charge on any atom is 0.217 e. The minimum atomic E-state index is -0.457. The van der Waals surface area contributed by atoms with E-state index in [1.54, 1.807) is 6.92 Å². The smallest absolute Gasteiger partial charge is 0.217 e. The van der Waals surface area contributed by atoms with Crippen LogP contribution in [0.1, 0.15) is 37.9 Å². The quantitative estimate of drug-likeness (QED) is 0.885. The van der Waals surface area contributed by atoms with Crippen LogP contribution < -0.4 is 10.6 Å². The van der Waals surface area contributed by atoms with Gasteiger partial charge in [-0.1, -0.05) is 6.07 Å². The molecule has 5 heteroatoms. The number of carbonyl (C=O) groups excluding carboxylic acids is 1. The first kappa shape index (κ1) is 15.3. The summed E-state index contributed by atoms with van der Waals surface area (Å²) in [5, 5.41) is 9.59. The van der Waals surface area contributed by atoms with E-state index in [1.165, 1.54) is 0 Å². The number of aliphatic hydroxyl groups is 1. The van der Waals surface area contributed by atoms with Gasteiger partial charge in [0, 0.05) is 24.0 Å². The van der Waals surface area contributed by atoms with Gasteiger partial charge in [-0.2, -0.15) is 0 Å². The highest BCUT2D eigenvalue weighted by Crippen LogP contribution is 2.32. The van der Waals surface area contributed by atoms with Crippen LogP contribution in [0.15, 0.2) is 22.7 Å². The van der Waals surface area contributed by atoms with Gasteiger partial charge in [-0.25, -0.2) is 0 Å². The average molecular weight is 341 g/mol. The molecular weight excluding hydrogens is 320 g/mol. The molecule has 20 heavy (non-hydrogen) atoms. The van der Waals surface area contributed by atoms with Crippen molar-refractivity contribution >= 4 is 27.5 Å². The van der Waals surface area contributed by atoms with E-state index >= 15 is 0 Å². The van der Waals surface area contributed by atoms with E-state index in [0.29, 0.717) is 12.3 Å². The first-order chi connectivity index (χ1) is 9.47. The van der Waals surface area contributed by atoms with E-state index < -0.39 is 6.10 Å². The van der Waals surface area contributed by atoms with Crippen LogP contribution >= 0.6 is 15.9 Å². The fourth-order valence-electron chi connectivity index (χ4n) is 2.70. The summed E-state index contributed by atoms with van der Waals surface area (Å²) in [5.41, 5.74) is 7.31. The molecule has 1 unspecified atom stereocenters. The Kier molecular flexibility index (Phi) is 5.05. The minimum Gasteiger partial charge on any atom is -0.389 e. The zero-order valence-corrected chi connectivity index (χ0v) is 13.3. The number of hydrogen-bond acceptors (Lipinski definition) is 3. The van der Waals surface area contributed by atoms with Crippen LogP contribution in [0.2, 0.25) is 0 Å². The lowest BCUT2D eigenvalue weighted by Gasteiger charge is -2.34. The Balaban J connectivity index is 2.02. The monoisotopic (exact) mass is 340 g/mol. The van der Waals surface area contributed by atoms with E-state index in [1.807, 2.05) is 18.2 Å². The third-order valence-electron chi connectivity index (χ3n) is 3.90. The third-order valence-corrected chi connectivity index (χ3v) is 4.53. The molecule has 0 spiro atoms. The molecule has 3 N–H and O–H groups in total. The molecule has 1 aliphatic heterocycles. The second kappa shape index (κ2) is 6.59. The Hall–Kier alpha value is -1.07. The number of benzene rings is 1. The average Bonchev–Trinajstić information content (AvgIpc) is 2.39. The summed E-state index contributed by atoms with van der Waals surface area (Å²) in [7, 11) is 0. The Labute approximate surface area is 128 Å². The van der Waals surface area contributed by atoms with E-state index in [0.717, 1.165) is 41.7 Å². The van der Waals surface area contributed by atoms with Crippen molar-refractivity contribution < 1.29 is 9.90 Å². The molecular formula is C15H21BrN2O2. The minimum absolute atomic E-state index is 0.203. The number of amides is 1. The first-order valence-corrected chi connectivity index (χ1v) is 7.77. The van der Waals surface area contributed by atoms with Crippen LogP contribution in [0.4, 0.5) is 5.69 Å². The van der Waals surface area contributed by atoms with Crippen LogP contribution in [0.3, 0.4) is 0 Å². The van der Waals surface area contributed by atoms with E-state index in [9.17, 15) is 9.90 Å². The number of nitrogens with two attached hydrogens (primary N) is 1. The largest absolute Gasteiger partial charge is 0.389 e. The molecule has 0 bridgehead atoms. The predicted molar refractivity (Wildman–Crippen MR) is 83.5 cm³/mol. The highest BCUT2D eigenvalue weighted by Gasteiger charge is 2.22. The molecule has 0 radical (unpaired) electrons. The SMILES string of the molecule is CC(O)c1ccc(N2CCC(CC(N)=O)CC2)c(Br)c1. The van der Waals surface area contributed by atoms with Gasteiger partial charge in [0.25, 0.3) is 0 Å². The molecule has 1 heterocycles. The van der Waals surface area contributed by atoms with Crippen molar-refractivity contribution in [2.24, 2.45) is 11.7 Å². The van der Waals surface area contributed by atoms with Gasteiger partial charge in [0.1, 0.15) is 0 Å². The fraction of sp³-hybridized carbons (Fsp3) is 0.533. The lowest BCUT2D eigenvalue weighted by molar-refractivity contribution is -0.119. The van der Waals surface area contributed by atoms with Crippen LogP contribution in [0.5, 0.6) is 0 Å². The number of nitrogens with zero attached hydrogens (tertiary/aromatic N) is 1. The lowest BCUT2D eigenvalue weighted by atomic mass is 9.93. The number of piperidine rings is 1. The lowest BCUT2D eigenvalue weighted by Crippen LogP contribution is -2.35. The van der Waals surface area contributed by atoms with Gasteiger partial charge in [0.15, 0.2) is 0 Å². The second-order valence-corrected chi connectivity index (χ2v) is 6.34. The van der Waals surface area contributed by atoms with Crippen molar-refractivity contribution in [3.05, 3.63) is 28.2 Å². The molecule has 1 aromatic rings. The Morgan fingerprint density at radius 1 is 1.50 bits per heavy atom. The predicted octanol–water partition coefficient (Wildman–Crippen LogP) is 2.59. The van der Waals surface area contributed by atoms with Gasteiger partial charge in [0.05, 0.1) is 11.8 Å². The zero-order chi connectivity index (χ0) is 14.7. The summed E-state index contributed by atoms with van der Waals surface area (Å²) < 4.78 is 1.00. The Bertz CT molecular complexity index is 483. The highest BCUT2D eigenvalue weighted by atomic mass is 79.9. The molecule has 0 aliphatic carbocycles. The van der Waals surface area contributed by atoms with Gasteiger partial charge in [0.2, 0.25) is 5.91 Å². The van der Waals surface area contributed by atoms with Gasteiger partial charge in [-0.3, -0.25) is 4.79 Å². The number of carbonyl (C=O) groups is 1. The number of hydrogen-bond donors (Lipinski definition) is 2. The maximum absolute atomic E-state index is 11.0. The van der Waals surface area contributed by atoms with Crippen molar-refractivity contribution in [1.29, 1.82) is 0 Å². The molecule has 0 aromatic heterocycles. The fourth-order valence-corrected chi connectivity index (χ4v) is 3.35. The Morgan fingerprint density at radius 2 is 2.15 bits per heavy atom. The second-order valence-electron chi connectivity index (χ2n) is 5.49. The van der Waals surface area contributed by atoms with Gasteiger partial charge in [-0.05, 0) is 59.3 Å². The number of rotatable bonds is 4. The van der Waals surface area contributed by atoms with E-state index in [2.05, 4.69) is 20.8 Å². The normalized spacial score (nSPS) is 18.1. The summed E-state index contributed by atoms with van der Waals surface area (Å²) >= 11 is 3.58. The van der Waals surface area contributed by atoms with E-state index in [4.69, 9.17) is 5.73 Å². The van der Waals surface area contributed by atoms with Crippen molar-refractivity contribution in [2.45, 2.75) is 32.3 Å². The van der Waals surface area contributed by atoms with Gasteiger partial charge >= 0.3 is 0 Å². The summed E-state index contributed by atoms with van der Waals surface area (Å²) in [5.74, 6) is 0.213. The van der Waals surface area contributed by atoms with Crippen molar-refractivity contribution in [1.82, 2.24) is 0 Å². The molecule has 0 saturated carbocycles. The maximum atomic E-state index is 11.0. The zero-order valence-electron chi connectivity index (χ0n) is 11.7. The molecule has 1 aromatic carbocycles. The molecule has 1 aliphatic rings. The molecule has 2 rings (SSSR count). The van der Waals surface area contributed by atoms with Crippen LogP contribution in [0.25, 0.3) is 0 Å². The summed E-state index contributed by atoms with van der Waals surface area (Å²) in [4.78, 5) is 13.3. The summed E-state index contributed by atoms with van der Waals surface area (Å²) in [6.07, 6.45) is 2.03. The number of aliphatic hydroxyl groups excluding tert-OH is 1. The van der Waals surface area contributed by atoms with Crippen molar-refractivity contribution in [3.8, 4) is 0 Å². The van der Waals surface area contributed by atoms with Crippen molar-refractivity contribution in [3.63, 3.8) is 0 Å². The number of halogens is 1. The molecule has 1 saturated heterocycles. The standard InChI is InChI=1S/C15H21BrN2O2/c1-10(19)12-2-3-14(13(16)9-12)18-6-4-11(5-7-18)8-15(17)20/h2-3,9-11,19H,4-8H2,1H3,(H2,17,20). The molecule has 110 valence electrons. The van der Waals surface area contributed by atoms with Gasteiger partial charge < -0.3 is 15.7 Å². The molecule has 1 amide bonds. The van der Waals surface area contributed by atoms with Crippen LogP contribution in [-0.2, 0) is 4.79 Å². The summed E-state index contributed by atoms with van der Waals surface area (Å²) in [6, 6.07) is 5.97. The number of primary amides is 1. The van der Waals surface area contributed by atoms with Crippen LogP contribution in [0, 0.1) is 5.92 Å². The molecule has 1 fully saturated rings. The van der Waals surface area contributed by atoms with Crippen molar-refractivity contribution in [2.75, 3.05) is 18.0 Å². The molecule has 1 atom stereocenters. The highest BCUT2D eigenvalue weighted by molar-refractivity contribution is 9.10. The topological polar surface area (TPSA) is 66.6 Å². The number of anilines is 1.